The van der Waals surface area contributed by atoms with Crippen molar-refractivity contribution in [3.8, 4) is 0 Å². The molecule has 1 aliphatic heterocycles. The number of aliphatic carboxylic acids is 1. The Kier molecular flexibility index (Phi) is 4.09. The highest BCUT2D eigenvalue weighted by Crippen LogP contribution is 2.34. The third kappa shape index (κ3) is 3.01. The van der Waals surface area contributed by atoms with Crippen LogP contribution < -0.4 is 5.73 Å². The van der Waals surface area contributed by atoms with Crippen molar-refractivity contribution in [2.24, 2.45) is 5.73 Å². The number of carbonyl (C=O) groups is 1. The predicted molar refractivity (Wildman–Crippen MR) is 69.2 cm³/mol. The third-order valence-corrected chi connectivity index (χ3v) is 4.62. The molecule has 1 unspecified atom stereocenters. The Hall–Kier alpha value is -0.560. The van der Waals surface area contributed by atoms with Gasteiger partial charge in [-0.1, -0.05) is 6.07 Å². The number of carboxylic acids is 1. The van der Waals surface area contributed by atoms with E-state index in [1.54, 1.807) is 23.9 Å². The molecule has 1 aromatic rings. The second-order valence-corrected chi connectivity index (χ2v) is 5.98. The van der Waals surface area contributed by atoms with Crippen LogP contribution in [0.5, 0.6) is 0 Å². The summed E-state index contributed by atoms with van der Waals surface area (Å²) >= 11 is 5.16. The van der Waals surface area contributed by atoms with Gasteiger partial charge in [0.25, 0.3) is 0 Å². The van der Waals surface area contributed by atoms with Crippen molar-refractivity contribution < 1.29 is 14.6 Å². The molecule has 0 spiro atoms. The summed E-state index contributed by atoms with van der Waals surface area (Å²) < 4.78 is 5.98. The van der Waals surface area contributed by atoms with Crippen molar-refractivity contribution in [2.75, 3.05) is 13.2 Å². The van der Waals surface area contributed by atoms with Crippen LogP contribution in [0.25, 0.3) is 0 Å². The Balaban J connectivity index is 2.13. The Labute approximate surface area is 112 Å². The summed E-state index contributed by atoms with van der Waals surface area (Å²) in [5.74, 6) is -1.02. The van der Waals surface area contributed by atoms with E-state index in [1.165, 1.54) is 0 Å². The van der Waals surface area contributed by atoms with Crippen molar-refractivity contribution in [3.63, 3.8) is 0 Å². The number of halogens is 1. The lowest BCUT2D eigenvalue weighted by molar-refractivity contribution is -0.138. The summed E-state index contributed by atoms with van der Waals surface area (Å²) in [5, 5.41) is 9.32. The molecule has 1 fully saturated rings. The van der Waals surface area contributed by atoms with Gasteiger partial charge in [0.05, 0.1) is 18.5 Å². The fraction of sp³-hybridized carbons (Fsp3) is 0.364. The van der Waals surface area contributed by atoms with Crippen LogP contribution in [0, 0.1) is 0 Å². The maximum absolute atomic E-state index is 10.8. The van der Waals surface area contributed by atoms with Crippen molar-refractivity contribution in [2.45, 2.75) is 16.2 Å². The smallest absolute Gasteiger partial charge is 0.325 e. The zero-order valence-electron chi connectivity index (χ0n) is 8.93. The normalized spacial score (nSPS) is 17.5. The third-order valence-electron chi connectivity index (χ3n) is 2.48. The van der Waals surface area contributed by atoms with Crippen LogP contribution >= 0.6 is 27.7 Å². The first-order chi connectivity index (χ1) is 8.08. The quantitative estimate of drug-likeness (QED) is 0.889. The van der Waals surface area contributed by atoms with Gasteiger partial charge in [-0.25, -0.2) is 0 Å². The van der Waals surface area contributed by atoms with Crippen molar-refractivity contribution in [1.29, 1.82) is 0 Å². The predicted octanol–water partition coefficient (Wildman–Crippen LogP) is 2.02. The largest absolute Gasteiger partial charge is 0.480 e. The van der Waals surface area contributed by atoms with Gasteiger partial charge in [-0.3, -0.25) is 4.79 Å². The molecule has 0 bridgehead atoms. The fourth-order valence-corrected chi connectivity index (χ4v) is 3.09. The summed E-state index contributed by atoms with van der Waals surface area (Å²) in [4.78, 5) is 11.9. The van der Waals surface area contributed by atoms with Gasteiger partial charge in [0, 0.05) is 9.37 Å². The van der Waals surface area contributed by atoms with Crippen LogP contribution in [0.3, 0.4) is 0 Å². The number of rotatable bonds is 4. The van der Waals surface area contributed by atoms with Gasteiger partial charge in [-0.2, -0.15) is 0 Å². The minimum absolute atomic E-state index is 0.491. The number of carboxylic acid groups (broad SMARTS) is 1. The molecule has 1 atom stereocenters. The molecule has 1 aliphatic rings. The van der Waals surface area contributed by atoms with Gasteiger partial charge in [-0.15, -0.1) is 11.8 Å². The van der Waals surface area contributed by atoms with Crippen LogP contribution in [-0.2, 0) is 9.53 Å². The Morgan fingerprint density at radius 1 is 1.59 bits per heavy atom. The highest BCUT2D eigenvalue weighted by atomic mass is 79.9. The van der Waals surface area contributed by atoms with Crippen molar-refractivity contribution in [1.82, 2.24) is 0 Å². The zero-order valence-corrected chi connectivity index (χ0v) is 11.3. The molecule has 92 valence electrons. The molecule has 0 aromatic heterocycles. The summed E-state index contributed by atoms with van der Waals surface area (Å²) in [6.45, 7) is 1.54. The van der Waals surface area contributed by atoms with E-state index in [-0.39, 0.29) is 0 Å². The number of thioether (sulfide) groups is 1. The minimum atomic E-state index is -1.02. The minimum Gasteiger partial charge on any atom is -0.480 e. The zero-order chi connectivity index (χ0) is 12.4. The Bertz CT molecular complexity index is 437. The number of benzene rings is 1. The average molecular weight is 318 g/mol. The van der Waals surface area contributed by atoms with Crippen molar-refractivity contribution in [3.05, 3.63) is 28.2 Å². The molecule has 1 aromatic carbocycles. The second-order valence-electron chi connectivity index (χ2n) is 3.78. The van der Waals surface area contributed by atoms with Gasteiger partial charge in [-0.05, 0) is 33.6 Å². The monoisotopic (exact) mass is 317 g/mol. The molecule has 4 nitrogen and oxygen atoms in total. The highest BCUT2D eigenvalue weighted by molar-refractivity contribution is 9.10. The SMILES string of the molecule is NC(C(=O)O)c1ccc(SC2COC2)c(Br)c1. The van der Waals surface area contributed by atoms with Crippen LogP contribution in [0.4, 0.5) is 0 Å². The first-order valence-electron chi connectivity index (χ1n) is 5.10. The standard InChI is InChI=1S/C11H12BrNO3S/c12-8-3-6(10(13)11(14)15)1-2-9(8)17-7-4-16-5-7/h1-3,7,10H,4-5,13H2,(H,14,15). The van der Waals surface area contributed by atoms with Crippen LogP contribution in [-0.4, -0.2) is 29.5 Å². The maximum atomic E-state index is 10.8. The van der Waals surface area contributed by atoms with E-state index in [2.05, 4.69) is 15.9 Å². The molecule has 0 aliphatic carbocycles. The summed E-state index contributed by atoms with van der Waals surface area (Å²) in [7, 11) is 0. The lowest BCUT2D eigenvalue weighted by Gasteiger charge is -2.25. The first-order valence-corrected chi connectivity index (χ1v) is 6.77. The van der Waals surface area contributed by atoms with Gasteiger partial charge in [0.1, 0.15) is 6.04 Å². The van der Waals surface area contributed by atoms with Gasteiger partial charge >= 0.3 is 5.97 Å². The summed E-state index contributed by atoms with van der Waals surface area (Å²) in [5.41, 5.74) is 6.14. The van der Waals surface area contributed by atoms with E-state index >= 15 is 0 Å². The molecule has 1 saturated heterocycles. The van der Waals surface area contributed by atoms with Gasteiger partial charge in [0.2, 0.25) is 0 Å². The molecular formula is C11H12BrNO3S. The van der Waals surface area contributed by atoms with Crippen LogP contribution in [0.1, 0.15) is 11.6 Å². The summed E-state index contributed by atoms with van der Waals surface area (Å²) in [6.07, 6.45) is 0. The lowest BCUT2D eigenvalue weighted by Crippen LogP contribution is -2.30. The van der Waals surface area contributed by atoms with Crippen LogP contribution in [0.2, 0.25) is 0 Å². The first kappa shape index (κ1) is 12.9. The van der Waals surface area contributed by atoms with Gasteiger partial charge in [0.15, 0.2) is 0 Å². The Morgan fingerprint density at radius 3 is 2.76 bits per heavy atom. The summed E-state index contributed by atoms with van der Waals surface area (Å²) in [6, 6.07) is 4.44. The highest BCUT2D eigenvalue weighted by Gasteiger charge is 2.21. The molecular weight excluding hydrogens is 306 g/mol. The Morgan fingerprint density at radius 2 is 2.29 bits per heavy atom. The number of hydrogen-bond donors (Lipinski definition) is 2. The van der Waals surface area contributed by atoms with Gasteiger partial charge < -0.3 is 15.6 Å². The number of ether oxygens (including phenoxy) is 1. The molecule has 0 amide bonds. The van der Waals surface area contributed by atoms with E-state index in [0.29, 0.717) is 10.8 Å². The maximum Gasteiger partial charge on any atom is 0.325 e. The second kappa shape index (κ2) is 5.39. The van der Waals surface area contributed by atoms with E-state index in [0.717, 1.165) is 22.6 Å². The lowest BCUT2D eigenvalue weighted by atomic mass is 10.1. The van der Waals surface area contributed by atoms with E-state index in [9.17, 15) is 4.79 Å². The van der Waals surface area contributed by atoms with Crippen molar-refractivity contribution >= 4 is 33.7 Å². The molecule has 17 heavy (non-hydrogen) atoms. The molecule has 6 heteroatoms. The fourth-order valence-electron chi connectivity index (χ4n) is 1.41. The molecule has 3 N–H and O–H groups in total. The molecule has 0 saturated carbocycles. The number of nitrogens with two attached hydrogens (primary N) is 1. The van der Waals surface area contributed by atoms with E-state index < -0.39 is 12.0 Å². The molecule has 1 heterocycles. The molecule has 0 radical (unpaired) electrons. The number of hydrogen-bond acceptors (Lipinski definition) is 4. The van der Waals surface area contributed by atoms with Crippen LogP contribution in [0.15, 0.2) is 27.6 Å². The van der Waals surface area contributed by atoms with E-state index in [1.807, 2.05) is 6.07 Å². The van der Waals surface area contributed by atoms with E-state index in [4.69, 9.17) is 15.6 Å². The average Bonchev–Trinajstić information content (AvgIpc) is 2.23. The topological polar surface area (TPSA) is 72.6 Å². The molecule has 2 rings (SSSR count).